The molecule has 0 aliphatic carbocycles. The quantitative estimate of drug-likeness (QED) is 0.635. The Morgan fingerprint density at radius 2 is 1.84 bits per heavy atom. The molecular weight excluding hydrogens is 417 g/mol. The molecule has 2 aliphatic heterocycles. The number of nitrogens with zero attached hydrogens (tertiary/aromatic N) is 2. The maximum atomic E-state index is 13.9. The van der Waals surface area contributed by atoms with E-state index in [0.29, 0.717) is 30.4 Å². The molecule has 1 fully saturated rings. The van der Waals surface area contributed by atoms with Crippen LogP contribution >= 0.6 is 0 Å². The molecule has 2 aromatic rings. The van der Waals surface area contributed by atoms with Gasteiger partial charge in [-0.2, -0.15) is 13.2 Å². The Labute approximate surface area is 185 Å². The Bertz CT molecular complexity index is 1030. The van der Waals surface area contributed by atoms with E-state index in [1.807, 2.05) is 17.0 Å². The number of benzene rings is 2. The van der Waals surface area contributed by atoms with Crippen molar-refractivity contribution >= 4 is 28.5 Å². The number of carbonyl (C=O) groups is 1. The number of rotatable bonds is 5. The lowest BCUT2D eigenvalue weighted by atomic mass is 10.1. The lowest BCUT2D eigenvalue weighted by Gasteiger charge is -2.39. The molecule has 1 amide bonds. The minimum Gasteiger partial charge on any atom is -0.368 e. The van der Waals surface area contributed by atoms with E-state index in [4.69, 9.17) is 0 Å². The molecule has 0 saturated carbocycles. The maximum Gasteiger partial charge on any atom is 0.418 e. The van der Waals surface area contributed by atoms with Crippen molar-refractivity contribution in [2.45, 2.75) is 32.5 Å². The largest absolute Gasteiger partial charge is 0.418 e. The van der Waals surface area contributed by atoms with E-state index in [9.17, 15) is 18.0 Å². The summed E-state index contributed by atoms with van der Waals surface area (Å²) in [7, 11) is 0. The molecule has 1 saturated heterocycles. The van der Waals surface area contributed by atoms with E-state index >= 15 is 0 Å². The molecule has 0 bridgehead atoms. The highest BCUT2D eigenvalue weighted by molar-refractivity contribution is 6.31. The molecule has 0 radical (unpaired) electrons. The van der Waals surface area contributed by atoms with Crippen molar-refractivity contribution < 1.29 is 18.0 Å². The van der Waals surface area contributed by atoms with Crippen molar-refractivity contribution in [2.75, 3.05) is 41.7 Å². The molecule has 2 aliphatic rings. The predicted molar refractivity (Wildman–Crippen MR) is 122 cm³/mol. The second kappa shape index (κ2) is 8.86. The van der Waals surface area contributed by atoms with Gasteiger partial charge in [-0.1, -0.05) is 25.1 Å². The van der Waals surface area contributed by atoms with Crippen LogP contribution in [0.2, 0.25) is 0 Å². The van der Waals surface area contributed by atoms with E-state index in [1.54, 1.807) is 18.2 Å². The van der Waals surface area contributed by atoms with Gasteiger partial charge in [-0.25, -0.2) is 0 Å². The number of hydrogen-bond acceptors (Lipinski definition) is 4. The first-order valence-electron chi connectivity index (χ1n) is 10.9. The molecule has 8 heteroatoms. The summed E-state index contributed by atoms with van der Waals surface area (Å²) in [5, 5.41) is 5.63. The summed E-state index contributed by atoms with van der Waals surface area (Å²) in [5.74, 6) is -0.287. The molecule has 0 aromatic heterocycles. The molecule has 1 atom stereocenters. The first-order chi connectivity index (χ1) is 15.3. The number of alkyl halides is 3. The fraction of sp³-hybridized carbons (Fsp3) is 0.375. The molecule has 170 valence electrons. The van der Waals surface area contributed by atoms with Gasteiger partial charge < -0.3 is 15.5 Å². The number of hydrogen-bond donors (Lipinski definition) is 2. The van der Waals surface area contributed by atoms with Gasteiger partial charge in [0.1, 0.15) is 0 Å². The van der Waals surface area contributed by atoms with Crippen molar-refractivity contribution in [3.8, 4) is 0 Å². The van der Waals surface area contributed by atoms with Crippen LogP contribution in [0.25, 0.3) is 5.57 Å². The van der Waals surface area contributed by atoms with Crippen LogP contribution in [0.5, 0.6) is 0 Å². The normalized spacial score (nSPS) is 19.1. The summed E-state index contributed by atoms with van der Waals surface area (Å²) in [6, 6.07) is 11.9. The Kier molecular flexibility index (Phi) is 6.15. The Morgan fingerprint density at radius 3 is 2.53 bits per heavy atom. The van der Waals surface area contributed by atoms with Gasteiger partial charge in [0.2, 0.25) is 0 Å². The van der Waals surface area contributed by atoms with Crippen molar-refractivity contribution in [1.82, 2.24) is 4.90 Å². The summed E-state index contributed by atoms with van der Waals surface area (Å²) in [6.07, 6.45) is -2.00. The number of fused-ring (bicyclic) bond motifs is 1. The average molecular weight is 445 g/mol. The molecule has 5 nitrogen and oxygen atoms in total. The zero-order valence-electron chi connectivity index (χ0n) is 18.2. The van der Waals surface area contributed by atoms with Gasteiger partial charge in [0.15, 0.2) is 0 Å². The summed E-state index contributed by atoms with van der Waals surface area (Å²) >= 11 is 0. The van der Waals surface area contributed by atoms with Gasteiger partial charge in [0, 0.05) is 61.0 Å². The lowest BCUT2D eigenvalue weighted by molar-refractivity contribution is -0.137. The SMILES string of the molecule is CCC(C)N1CCN(c2ccc(NC=C3C(=O)Nc4ccccc43)cc2C(F)(F)F)CC1. The third-order valence-electron chi connectivity index (χ3n) is 6.26. The summed E-state index contributed by atoms with van der Waals surface area (Å²) < 4.78 is 41.7. The molecular formula is C24H27F3N4O. The topological polar surface area (TPSA) is 47.6 Å². The highest BCUT2D eigenvalue weighted by Crippen LogP contribution is 2.39. The van der Waals surface area contributed by atoms with E-state index in [1.165, 1.54) is 12.3 Å². The van der Waals surface area contributed by atoms with Crippen LogP contribution in [0.4, 0.5) is 30.2 Å². The highest BCUT2D eigenvalue weighted by Gasteiger charge is 2.36. The maximum absolute atomic E-state index is 13.9. The Balaban J connectivity index is 1.56. The second-order valence-electron chi connectivity index (χ2n) is 8.21. The highest BCUT2D eigenvalue weighted by atomic mass is 19.4. The average Bonchev–Trinajstić information content (AvgIpc) is 3.11. The lowest BCUT2D eigenvalue weighted by Crippen LogP contribution is -2.49. The molecule has 2 heterocycles. The first-order valence-corrected chi connectivity index (χ1v) is 10.9. The Morgan fingerprint density at radius 1 is 1.12 bits per heavy atom. The zero-order chi connectivity index (χ0) is 22.9. The van der Waals surface area contributed by atoms with Gasteiger partial charge >= 0.3 is 6.18 Å². The van der Waals surface area contributed by atoms with Crippen LogP contribution in [0.15, 0.2) is 48.7 Å². The van der Waals surface area contributed by atoms with Crippen molar-refractivity contribution in [3.05, 3.63) is 59.8 Å². The van der Waals surface area contributed by atoms with Crippen LogP contribution < -0.4 is 15.5 Å². The van der Waals surface area contributed by atoms with Crippen LogP contribution in [-0.2, 0) is 11.0 Å². The van der Waals surface area contributed by atoms with Crippen LogP contribution in [0, 0.1) is 0 Å². The van der Waals surface area contributed by atoms with Gasteiger partial charge in [0.25, 0.3) is 5.91 Å². The van der Waals surface area contributed by atoms with Crippen LogP contribution in [0.3, 0.4) is 0 Å². The summed E-state index contributed by atoms with van der Waals surface area (Å²) in [4.78, 5) is 16.4. The fourth-order valence-corrected chi connectivity index (χ4v) is 4.23. The van der Waals surface area contributed by atoms with Crippen molar-refractivity contribution in [3.63, 3.8) is 0 Å². The van der Waals surface area contributed by atoms with Crippen molar-refractivity contribution in [2.24, 2.45) is 0 Å². The Hall–Kier alpha value is -3.00. The number of piperazine rings is 1. The molecule has 2 N–H and O–H groups in total. The second-order valence-corrected chi connectivity index (χ2v) is 8.21. The molecule has 1 unspecified atom stereocenters. The van der Waals surface area contributed by atoms with Crippen molar-refractivity contribution in [1.29, 1.82) is 0 Å². The number of nitrogens with one attached hydrogen (secondary N) is 2. The standard InChI is InChI=1S/C24H27F3N4O/c1-3-16(2)30-10-12-31(13-11-30)22-9-8-17(14-20(22)24(25,26)27)28-15-19-18-6-4-5-7-21(18)29-23(19)32/h4-9,14-16,28H,3,10-13H2,1-2H3,(H,29,32). The molecule has 0 spiro atoms. The number of amides is 1. The zero-order valence-corrected chi connectivity index (χ0v) is 18.2. The number of halogens is 3. The third kappa shape index (κ3) is 4.46. The number of carbonyl (C=O) groups excluding carboxylic acids is 1. The minimum atomic E-state index is -4.48. The first kappa shape index (κ1) is 22.2. The van der Waals surface area contributed by atoms with Crippen LogP contribution in [-0.4, -0.2) is 43.0 Å². The van der Waals surface area contributed by atoms with E-state index in [2.05, 4.69) is 29.4 Å². The molecule has 4 rings (SSSR count). The fourth-order valence-electron chi connectivity index (χ4n) is 4.23. The van der Waals surface area contributed by atoms with Gasteiger partial charge in [-0.05, 0) is 37.6 Å². The van der Waals surface area contributed by atoms with Gasteiger partial charge in [0.05, 0.1) is 11.1 Å². The van der Waals surface area contributed by atoms with E-state index in [-0.39, 0.29) is 17.3 Å². The van der Waals surface area contributed by atoms with E-state index in [0.717, 1.165) is 31.1 Å². The molecule has 2 aromatic carbocycles. The minimum absolute atomic E-state index is 0.198. The summed E-state index contributed by atoms with van der Waals surface area (Å²) in [5.41, 5.74) is 1.60. The van der Waals surface area contributed by atoms with E-state index < -0.39 is 11.7 Å². The predicted octanol–water partition coefficient (Wildman–Crippen LogP) is 5.03. The summed E-state index contributed by atoms with van der Waals surface area (Å²) in [6.45, 7) is 6.87. The molecule has 32 heavy (non-hydrogen) atoms. The monoisotopic (exact) mass is 444 g/mol. The smallest absolute Gasteiger partial charge is 0.368 e. The van der Waals surface area contributed by atoms with Crippen LogP contribution in [0.1, 0.15) is 31.4 Å². The third-order valence-corrected chi connectivity index (χ3v) is 6.26. The number of para-hydroxylation sites is 1. The van der Waals surface area contributed by atoms with Gasteiger partial charge in [-0.3, -0.25) is 9.69 Å². The number of anilines is 3. The van der Waals surface area contributed by atoms with Gasteiger partial charge in [-0.15, -0.1) is 0 Å².